The Morgan fingerprint density at radius 3 is 1.93 bits per heavy atom. The van der Waals surface area contributed by atoms with E-state index in [0.717, 1.165) is 18.3 Å². The summed E-state index contributed by atoms with van der Waals surface area (Å²) in [5.41, 5.74) is -0.472. The highest BCUT2D eigenvalue weighted by molar-refractivity contribution is 5.87. The summed E-state index contributed by atoms with van der Waals surface area (Å²) < 4.78 is 0. The summed E-state index contributed by atoms with van der Waals surface area (Å²) in [6.07, 6.45) is 0.903. The summed E-state index contributed by atoms with van der Waals surface area (Å²) in [5, 5.41) is 20.3. The van der Waals surface area contributed by atoms with E-state index in [2.05, 4.69) is 4.98 Å². The van der Waals surface area contributed by atoms with Gasteiger partial charge in [-0.1, -0.05) is 0 Å². The van der Waals surface area contributed by atoms with E-state index in [0.29, 0.717) is 0 Å². The predicted molar refractivity (Wildman–Crippen MR) is 44.9 cm³/mol. The van der Waals surface area contributed by atoms with Gasteiger partial charge in [-0.3, -0.25) is 4.98 Å². The summed E-state index contributed by atoms with van der Waals surface area (Å²) in [5.74, 6) is -2.84. The molecule has 78 valence electrons. The first-order valence-electron chi connectivity index (χ1n) is 3.00. The minimum Gasteiger partial charge on any atom is -0.545 e. The molecule has 0 aliphatic heterocycles. The fourth-order valence-corrected chi connectivity index (χ4v) is 0.635. The molecule has 0 aromatic carbocycles. The quantitative estimate of drug-likeness (QED) is 0.596. The van der Waals surface area contributed by atoms with Crippen LogP contribution < -0.4 is 22.5 Å². The maximum atomic E-state index is 10.2. The Morgan fingerprint density at radius 1 is 1.07 bits per heavy atom. The number of carboxylic acids is 2. The van der Waals surface area contributed by atoms with E-state index in [1.165, 1.54) is 0 Å². The molecule has 0 unspecified atom stereocenters. The van der Waals surface area contributed by atoms with Crippen LogP contribution in [0.3, 0.4) is 0 Å². The monoisotopic (exact) mass is 201 g/mol. The molecule has 0 radical (unpaired) electrons. The van der Waals surface area contributed by atoms with E-state index in [9.17, 15) is 19.8 Å². The number of aromatic nitrogens is 1. The number of carbonyl (C=O) groups is 2. The first kappa shape index (κ1) is 14.5. The summed E-state index contributed by atoms with van der Waals surface area (Å²) in [6, 6.07) is 2.13. The number of carbonyl (C=O) groups excluding carboxylic acids is 2. The lowest BCUT2D eigenvalue weighted by molar-refractivity contribution is -0.256. The van der Waals surface area contributed by atoms with Crippen LogP contribution in [0.5, 0.6) is 0 Å². The lowest BCUT2D eigenvalue weighted by atomic mass is 10.2. The minimum atomic E-state index is -1.44. The van der Waals surface area contributed by atoms with Crippen molar-refractivity contribution in [3.63, 3.8) is 0 Å². The van der Waals surface area contributed by atoms with E-state index in [4.69, 9.17) is 0 Å². The molecule has 0 aliphatic rings. The van der Waals surface area contributed by atoms with Gasteiger partial charge in [-0.25, -0.2) is 0 Å². The predicted octanol–water partition coefficient (Wildman–Crippen LogP) is -1.44. The van der Waals surface area contributed by atoms with Crippen molar-refractivity contribution in [3.8, 4) is 0 Å². The average molecular weight is 201 g/mol. The molecule has 0 aliphatic carbocycles. The fourth-order valence-electron chi connectivity index (χ4n) is 0.635. The molecule has 1 aromatic heterocycles. The molecule has 0 bridgehead atoms. The summed E-state index contributed by atoms with van der Waals surface area (Å²) in [7, 11) is 0. The largest absolute Gasteiger partial charge is 0.545 e. The smallest absolute Gasteiger partial charge is 0.0899 e. The first-order chi connectivity index (χ1) is 5.61. The highest BCUT2D eigenvalue weighted by Crippen LogP contribution is 1.97. The second kappa shape index (κ2) is 5.62. The fraction of sp³-hybridized carbons (Fsp3) is 0. The van der Waals surface area contributed by atoms with Crippen LogP contribution in [-0.2, 0) is 0 Å². The Kier molecular flexibility index (Phi) is 5.83. The van der Waals surface area contributed by atoms with Gasteiger partial charge in [0.25, 0.3) is 0 Å². The zero-order valence-corrected chi connectivity index (χ0v) is 7.81. The topological polar surface area (TPSA) is 166 Å². The van der Waals surface area contributed by atoms with Gasteiger partial charge >= 0.3 is 0 Å². The van der Waals surface area contributed by atoms with Crippen LogP contribution in [0, 0.1) is 0 Å². The van der Waals surface area contributed by atoms with Crippen LogP contribution in [0.25, 0.3) is 0 Å². The average Bonchev–Trinajstić information content (AvgIpc) is 2.04. The standard InChI is InChI=1S/C7H5NO4.2H3N/c9-6(10)4-1-2-5(7(11)12)8-3-4;;/h1-3H,(H,9,10)(H,11,12);2*1H3. The minimum absolute atomic E-state index is 0. The molecule has 0 saturated heterocycles. The van der Waals surface area contributed by atoms with Gasteiger partial charge in [0.2, 0.25) is 0 Å². The lowest BCUT2D eigenvalue weighted by Gasteiger charge is -2.03. The molecule has 1 aromatic rings. The van der Waals surface area contributed by atoms with Gasteiger partial charge in [0.15, 0.2) is 0 Å². The van der Waals surface area contributed by atoms with Crippen molar-refractivity contribution in [1.82, 2.24) is 17.3 Å². The maximum Gasteiger partial charge on any atom is 0.0899 e. The second-order valence-corrected chi connectivity index (χ2v) is 2.01. The second-order valence-electron chi connectivity index (χ2n) is 2.01. The molecule has 0 fully saturated rings. The van der Waals surface area contributed by atoms with Crippen LogP contribution in [-0.4, -0.2) is 16.9 Å². The zero-order chi connectivity index (χ0) is 9.14. The first-order valence-corrected chi connectivity index (χ1v) is 3.00. The Hall–Kier alpha value is -1.99. The normalized spacial score (nSPS) is 8.00. The van der Waals surface area contributed by atoms with Crippen molar-refractivity contribution in [1.29, 1.82) is 0 Å². The Bertz CT molecular complexity index is 289. The van der Waals surface area contributed by atoms with Crippen molar-refractivity contribution in [2.75, 3.05) is 0 Å². The molecule has 7 nitrogen and oxygen atoms in total. The number of quaternary nitrogens is 2. The van der Waals surface area contributed by atoms with Crippen LogP contribution in [0.2, 0.25) is 0 Å². The van der Waals surface area contributed by atoms with Crippen LogP contribution >= 0.6 is 0 Å². The number of nitrogens with zero attached hydrogens (tertiary/aromatic N) is 1. The van der Waals surface area contributed by atoms with Crippen molar-refractivity contribution in [3.05, 3.63) is 29.6 Å². The van der Waals surface area contributed by atoms with Gasteiger partial charge in [0.1, 0.15) is 0 Å². The summed E-state index contributed by atoms with van der Waals surface area (Å²) in [6.45, 7) is 0. The zero-order valence-electron chi connectivity index (χ0n) is 7.81. The van der Waals surface area contributed by atoms with Gasteiger partial charge in [-0.2, -0.15) is 0 Å². The third-order valence-corrected chi connectivity index (χ3v) is 1.21. The molecule has 0 spiro atoms. The van der Waals surface area contributed by atoms with Gasteiger partial charge < -0.3 is 32.1 Å². The maximum absolute atomic E-state index is 10.2. The Balaban J connectivity index is 0. The molecule has 0 saturated carbocycles. The van der Waals surface area contributed by atoms with Crippen LogP contribution in [0.4, 0.5) is 0 Å². The van der Waals surface area contributed by atoms with Crippen molar-refractivity contribution < 1.29 is 19.8 Å². The Labute approximate surface area is 79.6 Å². The third-order valence-electron chi connectivity index (χ3n) is 1.21. The third kappa shape index (κ3) is 3.17. The number of hydrogen-bond donors (Lipinski definition) is 2. The summed E-state index contributed by atoms with van der Waals surface area (Å²) >= 11 is 0. The van der Waals surface area contributed by atoms with Gasteiger partial charge in [-0.05, 0) is 12.1 Å². The number of aromatic carboxylic acids is 2. The summed E-state index contributed by atoms with van der Waals surface area (Å²) in [4.78, 5) is 23.6. The molecule has 8 N–H and O–H groups in total. The van der Waals surface area contributed by atoms with E-state index in [1.807, 2.05) is 0 Å². The molecule has 1 heterocycles. The number of carboxylic acid groups (broad SMARTS) is 2. The van der Waals surface area contributed by atoms with Crippen molar-refractivity contribution in [2.45, 2.75) is 0 Å². The Morgan fingerprint density at radius 2 is 1.64 bits per heavy atom. The van der Waals surface area contributed by atoms with E-state index in [1.54, 1.807) is 0 Å². The number of rotatable bonds is 2. The molecule has 0 atom stereocenters. The van der Waals surface area contributed by atoms with E-state index >= 15 is 0 Å². The van der Waals surface area contributed by atoms with Gasteiger partial charge in [0.05, 0.1) is 17.6 Å². The number of hydrogen-bond acceptors (Lipinski definition) is 5. The highest BCUT2D eigenvalue weighted by Gasteiger charge is 1.96. The molecule has 0 amide bonds. The molecule has 1 rings (SSSR count). The van der Waals surface area contributed by atoms with Crippen LogP contribution in [0.15, 0.2) is 18.3 Å². The van der Waals surface area contributed by atoms with Crippen LogP contribution in [0.1, 0.15) is 20.8 Å². The van der Waals surface area contributed by atoms with Crippen molar-refractivity contribution in [2.24, 2.45) is 0 Å². The van der Waals surface area contributed by atoms with Gasteiger partial charge in [0, 0.05) is 11.8 Å². The van der Waals surface area contributed by atoms with Crippen molar-refractivity contribution >= 4 is 11.9 Å². The molecular formula is C7H11N3O4. The molecule has 7 heteroatoms. The van der Waals surface area contributed by atoms with E-state index < -0.39 is 11.9 Å². The SMILES string of the molecule is O=C([O-])c1ccc(C(=O)[O-])nc1.[NH4+].[NH4+]. The number of pyridine rings is 1. The molecular weight excluding hydrogens is 190 g/mol. The van der Waals surface area contributed by atoms with Gasteiger partial charge in [-0.15, -0.1) is 0 Å². The highest BCUT2D eigenvalue weighted by atomic mass is 16.4. The lowest BCUT2D eigenvalue weighted by Crippen LogP contribution is -2.25. The molecule has 14 heavy (non-hydrogen) atoms. The van der Waals surface area contributed by atoms with E-state index in [-0.39, 0.29) is 23.6 Å².